The number of hydrogen-bond donors (Lipinski definition) is 1. The first-order valence-corrected chi connectivity index (χ1v) is 6.66. The summed E-state index contributed by atoms with van der Waals surface area (Å²) in [7, 11) is 0. The number of aliphatic hydroxyl groups is 1. The van der Waals surface area contributed by atoms with Gasteiger partial charge in [0, 0.05) is 11.8 Å². The first kappa shape index (κ1) is 13.8. The molecule has 0 amide bonds. The minimum atomic E-state index is -0.461. The monoisotopic (exact) mass is 258 g/mol. The van der Waals surface area contributed by atoms with E-state index in [-0.39, 0.29) is 5.41 Å². The lowest BCUT2D eigenvalue weighted by Crippen LogP contribution is -2.11. The second kappa shape index (κ2) is 5.17. The van der Waals surface area contributed by atoms with Gasteiger partial charge in [-0.2, -0.15) is 5.10 Å². The molecule has 3 heteroatoms. The molecule has 0 bridgehead atoms. The highest BCUT2D eigenvalue weighted by atomic mass is 16.3. The fourth-order valence-corrected chi connectivity index (χ4v) is 1.98. The van der Waals surface area contributed by atoms with Crippen LogP contribution in [0.2, 0.25) is 0 Å². The molecule has 0 saturated carbocycles. The standard InChI is InChI=1S/C16H22N2O/c1-12(19)14-9-17-18(11-14)10-13-5-7-15(8-6-13)16(2,3)4/h5-9,11-12,19H,10H2,1-4H3. The summed E-state index contributed by atoms with van der Waals surface area (Å²) in [6.45, 7) is 9.12. The number of aromatic nitrogens is 2. The Kier molecular flexibility index (Phi) is 3.76. The molecular formula is C16H22N2O. The van der Waals surface area contributed by atoms with Gasteiger partial charge < -0.3 is 5.11 Å². The van der Waals surface area contributed by atoms with Crippen LogP contribution >= 0.6 is 0 Å². The van der Waals surface area contributed by atoms with Crippen molar-refractivity contribution in [2.45, 2.75) is 45.8 Å². The summed E-state index contributed by atoms with van der Waals surface area (Å²) in [6.07, 6.45) is 3.15. The maximum Gasteiger partial charge on any atom is 0.0792 e. The molecule has 0 saturated heterocycles. The molecular weight excluding hydrogens is 236 g/mol. The van der Waals surface area contributed by atoms with Crippen LogP contribution in [0.1, 0.15) is 50.5 Å². The third-order valence-electron chi connectivity index (χ3n) is 3.30. The van der Waals surface area contributed by atoms with E-state index < -0.39 is 6.10 Å². The van der Waals surface area contributed by atoms with E-state index in [4.69, 9.17) is 0 Å². The molecule has 19 heavy (non-hydrogen) atoms. The van der Waals surface area contributed by atoms with Crippen LogP contribution in [0.25, 0.3) is 0 Å². The Morgan fingerprint density at radius 3 is 2.32 bits per heavy atom. The lowest BCUT2D eigenvalue weighted by molar-refractivity contribution is 0.199. The molecule has 0 aliphatic heterocycles. The molecule has 3 nitrogen and oxygen atoms in total. The summed E-state index contributed by atoms with van der Waals surface area (Å²) in [5, 5.41) is 13.7. The summed E-state index contributed by atoms with van der Waals surface area (Å²) in [5.74, 6) is 0. The highest BCUT2D eigenvalue weighted by molar-refractivity contribution is 5.27. The van der Waals surface area contributed by atoms with Gasteiger partial charge in [-0.05, 0) is 23.5 Å². The predicted molar refractivity (Wildman–Crippen MR) is 77.1 cm³/mol. The van der Waals surface area contributed by atoms with Gasteiger partial charge in [0.05, 0.1) is 18.8 Å². The van der Waals surface area contributed by atoms with Gasteiger partial charge in [-0.3, -0.25) is 4.68 Å². The highest BCUT2D eigenvalue weighted by Gasteiger charge is 2.13. The Morgan fingerprint density at radius 2 is 1.84 bits per heavy atom. The highest BCUT2D eigenvalue weighted by Crippen LogP contribution is 2.22. The lowest BCUT2D eigenvalue weighted by Gasteiger charge is -2.19. The Morgan fingerprint density at radius 1 is 1.21 bits per heavy atom. The fraction of sp³-hybridized carbons (Fsp3) is 0.438. The van der Waals surface area contributed by atoms with E-state index in [2.05, 4.69) is 50.1 Å². The zero-order valence-corrected chi connectivity index (χ0v) is 12.1. The van der Waals surface area contributed by atoms with Crippen molar-refractivity contribution in [1.29, 1.82) is 0 Å². The number of nitrogens with zero attached hydrogens (tertiary/aromatic N) is 2. The van der Waals surface area contributed by atoms with Crippen LogP contribution in [0.3, 0.4) is 0 Å². The number of benzene rings is 1. The molecule has 1 unspecified atom stereocenters. The van der Waals surface area contributed by atoms with E-state index >= 15 is 0 Å². The summed E-state index contributed by atoms with van der Waals surface area (Å²) < 4.78 is 1.86. The predicted octanol–water partition coefficient (Wildman–Crippen LogP) is 3.28. The van der Waals surface area contributed by atoms with Crippen LogP contribution in [0.5, 0.6) is 0 Å². The van der Waals surface area contributed by atoms with Crippen LogP contribution in [-0.4, -0.2) is 14.9 Å². The molecule has 1 heterocycles. The molecule has 1 atom stereocenters. The number of aliphatic hydroxyl groups excluding tert-OH is 1. The van der Waals surface area contributed by atoms with Crippen LogP contribution in [-0.2, 0) is 12.0 Å². The average Bonchev–Trinajstić information content (AvgIpc) is 2.77. The molecule has 1 aromatic carbocycles. The normalized spacial score (nSPS) is 13.5. The second-order valence-corrected chi connectivity index (χ2v) is 6.09. The molecule has 0 aliphatic carbocycles. The Hall–Kier alpha value is -1.61. The van der Waals surface area contributed by atoms with Crippen molar-refractivity contribution < 1.29 is 5.11 Å². The SMILES string of the molecule is CC(O)c1cnn(Cc2ccc(C(C)(C)C)cc2)c1. The van der Waals surface area contributed by atoms with Crippen LogP contribution in [0, 0.1) is 0 Å². The first-order chi connectivity index (χ1) is 8.86. The average molecular weight is 258 g/mol. The Balaban J connectivity index is 2.11. The lowest BCUT2D eigenvalue weighted by atomic mass is 9.87. The molecule has 0 spiro atoms. The van der Waals surface area contributed by atoms with Gasteiger partial charge >= 0.3 is 0 Å². The minimum Gasteiger partial charge on any atom is -0.389 e. The third kappa shape index (κ3) is 3.44. The molecule has 0 fully saturated rings. The maximum absolute atomic E-state index is 9.48. The Labute approximate surface area is 114 Å². The summed E-state index contributed by atoms with van der Waals surface area (Å²) >= 11 is 0. The van der Waals surface area contributed by atoms with E-state index in [1.54, 1.807) is 13.1 Å². The number of hydrogen-bond acceptors (Lipinski definition) is 2. The summed E-state index contributed by atoms with van der Waals surface area (Å²) in [4.78, 5) is 0. The topological polar surface area (TPSA) is 38.1 Å². The fourth-order valence-electron chi connectivity index (χ4n) is 1.98. The van der Waals surface area contributed by atoms with Crippen LogP contribution in [0.4, 0.5) is 0 Å². The molecule has 0 radical (unpaired) electrons. The van der Waals surface area contributed by atoms with E-state index in [1.807, 2.05) is 10.9 Å². The van der Waals surface area contributed by atoms with Gasteiger partial charge in [-0.25, -0.2) is 0 Å². The molecule has 0 aliphatic rings. The Bertz CT molecular complexity index is 533. The van der Waals surface area contributed by atoms with Crippen molar-refractivity contribution in [2.75, 3.05) is 0 Å². The smallest absolute Gasteiger partial charge is 0.0792 e. The maximum atomic E-state index is 9.48. The zero-order chi connectivity index (χ0) is 14.0. The number of rotatable bonds is 3. The van der Waals surface area contributed by atoms with Crippen molar-refractivity contribution in [1.82, 2.24) is 9.78 Å². The molecule has 2 rings (SSSR count). The van der Waals surface area contributed by atoms with Gasteiger partial charge in [-0.15, -0.1) is 0 Å². The summed E-state index contributed by atoms with van der Waals surface area (Å²) in [5.41, 5.74) is 3.59. The van der Waals surface area contributed by atoms with Gasteiger partial charge in [0.1, 0.15) is 0 Å². The quantitative estimate of drug-likeness (QED) is 0.917. The molecule has 2 aromatic rings. The van der Waals surface area contributed by atoms with Gasteiger partial charge in [0.2, 0.25) is 0 Å². The van der Waals surface area contributed by atoms with E-state index in [0.29, 0.717) is 0 Å². The zero-order valence-electron chi connectivity index (χ0n) is 12.1. The van der Waals surface area contributed by atoms with Crippen molar-refractivity contribution in [3.63, 3.8) is 0 Å². The molecule has 102 valence electrons. The van der Waals surface area contributed by atoms with Crippen LogP contribution < -0.4 is 0 Å². The minimum absolute atomic E-state index is 0.184. The van der Waals surface area contributed by atoms with Crippen molar-refractivity contribution in [2.24, 2.45) is 0 Å². The van der Waals surface area contributed by atoms with Crippen molar-refractivity contribution in [3.05, 3.63) is 53.3 Å². The molecule has 1 N–H and O–H groups in total. The summed E-state index contributed by atoms with van der Waals surface area (Å²) in [6, 6.07) is 8.64. The van der Waals surface area contributed by atoms with Gasteiger partial charge in [0.15, 0.2) is 0 Å². The van der Waals surface area contributed by atoms with Crippen LogP contribution in [0.15, 0.2) is 36.7 Å². The third-order valence-corrected chi connectivity index (χ3v) is 3.30. The van der Waals surface area contributed by atoms with Crippen molar-refractivity contribution >= 4 is 0 Å². The first-order valence-electron chi connectivity index (χ1n) is 6.66. The van der Waals surface area contributed by atoms with Gasteiger partial charge in [-0.1, -0.05) is 45.0 Å². The van der Waals surface area contributed by atoms with E-state index in [0.717, 1.165) is 12.1 Å². The van der Waals surface area contributed by atoms with E-state index in [9.17, 15) is 5.11 Å². The second-order valence-electron chi connectivity index (χ2n) is 6.09. The van der Waals surface area contributed by atoms with Crippen molar-refractivity contribution in [3.8, 4) is 0 Å². The largest absolute Gasteiger partial charge is 0.389 e. The molecule has 1 aromatic heterocycles. The van der Waals surface area contributed by atoms with E-state index in [1.165, 1.54) is 11.1 Å². The van der Waals surface area contributed by atoms with Gasteiger partial charge in [0.25, 0.3) is 0 Å².